The van der Waals surface area contributed by atoms with Gasteiger partial charge in [-0.15, -0.1) is 0 Å². The quantitative estimate of drug-likeness (QED) is 0.366. The monoisotopic (exact) mass is 409 g/mol. The third-order valence-corrected chi connectivity index (χ3v) is 5.49. The lowest BCUT2D eigenvalue weighted by Crippen LogP contribution is -1.90. The van der Waals surface area contributed by atoms with Crippen molar-refractivity contribution in [2.75, 3.05) is 12.8 Å². The first kappa shape index (κ1) is 18.9. The van der Waals surface area contributed by atoms with Crippen molar-refractivity contribution in [2.45, 2.75) is 0 Å². The molecule has 0 saturated heterocycles. The number of benzene rings is 3. The molecule has 0 radical (unpaired) electrons. The minimum Gasteiger partial charge on any atom is -0.497 e. The number of hydrogen-bond donors (Lipinski definition) is 2. The van der Waals surface area contributed by atoms with Gasteiger partial charge in [-0.2, -0.15) is 0 Å². The average Bonchev–Trinajstić information content (AvgIpc) is 3.17. The van der Waals surface area contributed by atoms with Crippen molar-refractivity contribution < 1.29 is 9.13 Å². The highest BCUT2D eigenvalue weighted by atomic mass is 19.1. The molecule has 152 valence electrons. The second-order valence-corrected chi connectivity index (χ2v) is 7.30. The molecule has 0 amide bonds. The predicted octanol–water partition coefficient (Wildman–Crippen LogP) is 6.29. The number of nitrogens with zero attached hydrogens (tertiary/aromatic N) is 1. The maximum atomic E-state index is 14.5. The summed E-state index contributed by atoms with van der Waals surface area (Å²) in [7, 11) is 1.57. The Morgan fingerprint density at radius 2 is 1.58 bits per heavy atom. The molecule has 0 aliphatic carbocycles. The summed E-state index contributed by atoms with van der Waals surface area (Å²) in [6.45, 7) is 0. The normalized spacial score (nSPS) is 11.0. The van der Waals surface area contributed by atoms with Gasteiger partial charge in [-0.05, 0) is 53.1 Å². The van der Waals surface area contributed by atoms with Crippen molar-refractivity contribution in [3.05, 3.63) is 91.0 Å². The van der Waals surface area contributed by atoms with Crippen LogP contribution in [0, 0.1) is 5.82 Å². The smallest absolute Gasteiger partial charge is 0.131 e. The van der Waals surface area contributed by atoms with Crippen LogP contribution in [0.5, 0.6) is 5.75 Å². The lowest BCUT2D eigenvalue weighted by molar-refractivity contribution is 0.414. The van der Waals surface area contributed by atoms with Crippen molar-refractivity contribution in [2.24, 2.45) is 0 Å². The van der Waals surface area contributed by atoms with E-state index in [9.17, 15) is 4.39 Å². The number of nitrogens with two attached hydrogens (primary N) is 1. The first-order valence-electron chi connectivity index (χ1n) is 9.90. The molecule has 0 unspecified atom stereocenters. The van der Waals surface area contributed by atoms with Gasteiger partial charge < -0.3 is 15.5 Å². The topological polar surface area (TPSA) is 63.9 Å². The summed E-state index contributed by atoms with van der Waals surface area (Å²) in [6.07, 6.45) is 3.52. The zero-order valence-corrected chi connectivity index (χ0v) is 16.9. The number of nitrogens with one attached hydrogen (secondary N) is 1. The minimum atomic E-state index is -0.294. The van der Waals surface area contributed by atoms with Gasteiger partial charge in [0.15, 0.2) is 0 Å². The van der Waals surface area contributed by atoms with E-state index in [-0.39, 0.29) is 5.82 Å². The summed E-state index contributed by atoms with van der Waals surface area (Å²) in [5.74, 6) is 0.911. The molecule has 0 aliphatic heterocycles. The van der Waals surface area contributed by atoms with E-state index in [0.717, 1.165) is 38.7 Å². The van der Waals surface area contributed by atoms with Crippen LogP contribution in [-0.2, 0) is 0 Å². The number of aromatic amines is 1. The number of aromatic nitrogens is 2. The van der Waals surface area contributed by atoms with Crippen molar-refractivity contribution >= 4 is 16.6 Å². The van der Waals surface area contributed by atoms with Crippen LogP contribution in [0.4, 0.5) is 10.2 Å². The number of anilines is 1. The molecule has 2 aromatic heterocycles. The molecule has 0 atom stereocenters. The number of nitrogen functional groups attached to an aromatic ring is 1. The number of hydrogen-bond acceptors (Lipinski definition) is 3. The van der Waals surface area contributed by atoms with Crippen LogP contribution in [0.25, 0.3) is 44.3 Å². The zero-order valence-electron chi connectivity index (χ0n) is 16.9. The molecular weight excluding hydrogens is 389 g/mol. The second kappa shape index (κ2) is 7.61. The molecule has 0 fully saturated rings. The molecule has 3 aromatic carbocycles. The second-order valence-electron chi connectivity index (χ2n) is 7.30. The molecule has 2 heterocycles. The van der Waals surface area contributed by atoms with E-state index in [2.05, 4.69) is 9.97 Å². The van der Waals surface area contributed by atoms with Gasteiger partial charge in [0.05, 0.1) is 12.8 Å². The Kier molecular flexibility index (Phi) is 4.64. The summed E-state index contributed by atoms with van der Waals surface area (Å²) in [5, 5.41) is 1.97. The third kappa shape index (κ3) is 3.30. The van der Waals surface area contributed by atoms with Gasteiger partial charge in [-0.25, -0.2) is 4.39 Å². The van der Waals surface area contributed by atoms with Crippen LogP contribution in [0.2, 0.25) is 0 Å². The molecule has 4 nitrogen and oxygen atoms in total. The fourth-order valence-electron chi connectivity index (χ4n) is 4.01. The van der Waals surface area contributed by atoms with Gasteiger partial charge >= 0.3 is 0 Å². The van der Waals surface area contributed by atoms with Gasteiger partial charge in [-0.1, -0.05) is 36.4 Å². The van der Waals surface area contributed by atoms with E-state index in [1.54, 1.807) is 31.6 Å². The number of methoxy groups -OCH3 is 1. The van der Waals surface area contributed by atoms with E-state index < -0.39 is 0 Å². The van der Waals surface area contributed by atoms with Crippen LogP contribution in [-0.4, -0.2) is 17.1 Å². The Balaban J connectivity index is 1.68. The summed E-state index contributed by atoms with van der Waals surface area (Å²) in [5.41, 5.74) is 11.6. The maximum Gasteiger partial charge on any atom is 0.131 e. The molecule has 0 bridgehead atoms. The van der Waals surface area contributed by atoms with E-state index in [4.69, 9.17) is 10.5 Å². The lowest BCUT2D eigenvalue weighted by atomic mass is 9.95. The van der Waals surface area contributed by atoms with E-state index in [1.165, 1.54) is 6.07 Å². The SMILES string of the molecule is COc1ccc(F)c(-c2cccc(-c3cccc4c(-c5ccncc5)[nH]c(N)c34)c2)c1. The first-order chi connectivity index (χ1) is 15.2. The number of fused-ring (bicyclic) bond motifs is 1. The highest BCUT2D eigenvalue weighted by Crippen LogP contribution is 2.39. The number of ether oxygens (including phenoxy) is 1. The lowest BCUT2D eigenvalue weighted by Gasteiger charge is -2.10. The van der Waals surface area contributed by atoms with Crippen molar-refractivity contribution in [1.29, 1.82) is 0 Å². The summed E-state index contributed by atoms with van der Waals surface area (Å²) in [6, 6.07) is 22.5. The molecular formula is C26H20FN3O. The molecule has 0 spiro atoms. The van der Waals surface area contributed by atoms with Crippen molar-refractivity contribution in [3.63, 3.8) is 0 Å². The molecule has 0 saturated carbocycles. The van der Waals surface area contributed by atoms with E-state index in [1.807, 2.05) is 54.6 Å². The Morgan fingerprint density at radius 3 is 2.35 bits per heavy atom. The van der Waals surface area contributed by atoms with Crippen LogP contribution < -0.4 is 10.5 Å². The first-order valence-corrected chi connectivity index (χ1v) is 9.90. The van der Waals surface area contributed by atoms with E-state index >= 15 is 0 Å². The van der Waals surface area contributed by atoms with Crippen LogP contribution in [0.1, 0.15) is 0 Å². The number of rotatable bonds is 4. The van der Waals surface area contributed by atoms with Gasteiger partial charge in [0.2, 0.25) is 0 Å². The van der Waals surface area contributed by atoms with Gasteiger partial charge in [0.25, 0.3) is 0 Å². The number of H-pyrrole nitrogens is 1. The molecule has 31 heavy (non-hydrogen) atoms. The molecule has 3 N–H and O–H groups in total. The van der Waals surface area contributed by atoms with Crippen LogP contribution in [0.15, 0.2) is 85.2 Å². The average molecular weight is 409 g/mol. The Bertz CT molecular complexity index is 1390. The molecule has 5 heteroatoms. The fraction of sp³-hybridized carbons (Fsp3) is 0.0385. The van der Waals surface area contributed by atoms with Crippen LogP contribution in [0.3, 0.4) is 0 Å². The Labute approximate surface area is 179 Å². The Hall–Kier alpha value is -4.12. The Morgan fingerprint density at radius 1 is 0.839 bits per heavy atom. The number of pyridine rings is 1. The van der Waals surface area contributed by atoms with Crippen molar-refractivity contribution in [1.82, 2.24) is 9.97 Å². The summed E-state index contributed by atoms with van der Waals surface area (Å²) in [4.78, 5) is 7.42. The summed E-state index contributed by atoms with van der Waals surface area (Å²) < 4.78 is 19.8. The van der Waals surface area contributed by atoms with Crippen molar-refractivity contribution in [3.8, 4) is 39.3 Å². The predicted molar refractivity (Wildman–Crippen MR) is 123 cm³/mol. The zero-order chi connectivity index (χ0) is 21.4. The van der Waals surface area contributed by atoms with Gasteiger partial charge in [0.1, 0.15) is 17.4 Å². The maximum absolute atomic E-state index is 14.5. The minimum absolute atomic E-state index is 0.294. The molecule has 0 aliphatic rings. The largest absolute Gasteiger partial charge is 0.497 e. The highest BCUT2D eigenvalue weighted by molar-refractivity contribution is 6.10. The number of halogens is 1. The molecule has 5 aromatic rings. The van der Waals surface area contributed by atoms with Crippen LogP contribution >= 0.6 is 0 Å². The summed E-state index contributed by atoms with van der Waals surface area (Å²) >= 11 is 0. The van der Waals surface area contributed by atoms with E-state index in [0.29, 0.717) is 17.1 Å². The standard InChI is InChI=1S/C26H20FN3O/c1-31-19-8-9-23(27)22(15-19)18-5-2-4-17(14-18)20-6-3-7-21-24(20)26(28)30-25(21)16-10-12-29-13-11-16/h2-15,30H,28H2,1H3. The third-order valence-electron chi connectivity index (χ3n) is 5.49. The van der Waals surface area contributed by atoms with Gasteiger partial charge in [0, 0.05) is 34.3 Å². The highest BCUT2D eigenvalue weighted by Gasteiger charge is 2.15. The van der Waals surface area contributed by atoms with Gasteiger partial charge in [-0.3, -0.25) is 4.98 Å². The molecule has 5 rings (SSSR count). The fourth-order valence-corrected chi connectivity index (χ4v) is 4.01.